The third-order valence-corrected chi connectivity index (χ3v) is 3.45. The van der Waals surface area contributed by atoms with Crippen molar-refractivity contribution in [3.8, 4) is 0 Å². The molecule has 0 aliphatic rings. The van der Waals surface area contributed by atoms with Crippen LogP contribution >= 0.6 is 22.6 Å². The second-order valence-corrected chi connectivity index (χ2v) is 5.30. The summed E-state index contributed by atoms with van der Waals surface area (Å²) in [6.45, 7) is 0.738. The Morgan fingerprint density at radius 3 is 2.72 bits per heavy atom. The first kappa shape index (κ1) is 11.5. The molecule has 0 radical (unpaired) electrons. The van der Waals surface area contributed by atoms with Crippen LogP contribution in [0.15, 0.2) is 54.9 Å². The average Bonchev–Trinajstić information content (AvgIpc) is 2.81. The number of aromatic nitrogens is 2. The zero-order chi connectivity index (χ0) is 12.4. The van der Waals surface area contributed by atoms with Gasteiger partial charge in [0, 0.05) is 21.7 Å². The second-order valence-electron chi connectivity index (χ2n) is 4.06. The average molecular weight is 349 g/mol. The van der Waals surface area contributed by atoms with Crippen LogP contribution < -0.4 is 5.32 Å². The number of rotatable bonds is 3. The first-order valence-corrected chi connectivity index (χ1v) is 6.81. The summed E-state index contributed by atoms with van der Waals surface area (Å²) < 4.78 is 3.27. The SMILES string of the molecule is Ic1ccc(NCc2cn3ccccc3n2)cc1. The molecule has 0 spiro atoms. The molecule has 0 saturated carbocycles. The number of anilines is 1. The maximum Gasteiger partial charge on any atom is 0.137 e. The molecule has 0 saturated heterocycles. The monoisotopic (exact) mass is 349 g/mol. The molecule has 0 unspecified atom stereocenters. The zero-order valence-electron chi connectivity index (χ0n) is 9.68. The van der Waals surface area contributed by atoms with Crippen molar-refractivity contribution in [1.29, 1.82) is 0 Å². The minimum atomic E-state index is 0.738. The Hall–Kier alpha value is -1.56. The van der Waals surface area contributed by atoms with E-state index in [1.165, 1.54) is 3.57 Å². The Bertz CT molecular complexity index is 625. The number of pyridine rings is 1. The lowest BCUT2D eigenvalue weighted by molar-refractivity contribution is 1.08. The minimum absolute atomic E-state index is 0.738. The van der Waals surface area contributed by atoms with E-state index < -0.39 is 0 Å². The summed E-state index contributed by atoms with van der Waals surface area (Å²) in [5.74, 6) is 0. The van der Waals surface area contributed by atoms with Crippen molar-refractivity contribution in [1.82, 2.24) is 9.38 Å². The van der Waals surface area contributed by atoms with Crippen molar-refractivity contribution in [3.05, 3.63) is 64.1 Å². The lowest BCUT2D eigenvalue weighted by atomic mass is 10.3. The number of benzene rings is 1. The van der Waals surface area contributed by atoms with E-state index in [9.17, 15) is 0 Å². The molecule has 3 rings (SSSR count). The van der Waals surface area contributed by atoms with Gasteiger partial charge in [0.05, 0.1) is 12.2 Å². The number of nitrogens with one attached hydrogen (secondary N) is 1. The molecule has 1 N–H and O–H groups in total. The van der Waals surface area contributed by atoms with E-state index in [0.717, 1.165) is 23.6 Å². The Kier molecular flexibility index (Phi) is 3.19. The fraction of sp³-hybridized carbons (Fsp3) is 0.0714. The van der Waals surface area contributed by atoms with Crippen LogP contribution in [-0.2, 0) is 6.54 Å². The largest absolute Gasteiger partial charge is 0.379 e. The van der Waals surface area contributed by atoms with E-state index in [2.05, 4.69) is 63.4 Å². The van der Waals surface area contributed by atoms with Crippen LogP contribution in [-0.4, -0.2) is 9.38 Å². The van der Waals surface area contributed by atoms with Crippen LogP contribution in [0.2, 0.25) is 0 Å². The van der Waals surface area contributed by atoms with Gasteiger partial charge < -0.3 is 9.72 Å². The first-order chi connectivity index (χ1) is 8.81. The molecule has 0 atom stereocenters. The molecular formula is C14H12IN3. The van der Waals surface area contributed by atoms with Crippen molar-refractivity contribution >= 4 is 33.9 Å². The van der Waals surface area contributed by atoms with Crippen molar-refractivity contribution in [2.24, 2.45) is 0 Å². The molecule has 0 bridgehead atoms. The van der Waals surface area contributed by atoms with Crippen LogP contribution in [0.3, 0.4) is 0 Å². The highest BCUT2D eigenvalue weighted by molar-refractivity contribution is 14.1. The van der Waals surface area contributed by atoms with Crippen molar-refractivity contribution < 1.29 is 0 Å². The molecule has 4 heteroatoms. The normalized spacial score (nSPS) is 10.7. The van der Waals surface area contributed by atoms with E-state index >= 15 is 0 Å². The maximum absolute atomic E-state index is 4.54. The molecule has 2 heterocycles. The van der Waals surface area contributed by atoms with Crippen LogP contribution in [0.1, 0.15) is 5.69 Å². The highest BCUT2D eigenvalue weighted by Gasteiger charge is 2.00. The highest BCUT2D eigenvalue weighted by atomic mass is 127. The maximum atomic E-state index is 4.54. The molecule has 0 amide bonds. The predicted molar refractivity (Wildman–Crippen MR) is 81.7 cm³/mol. The molecular weight excluding hydrogens is 337 g/mol. The Morgan fingerprint density at radius 2 is 1.94 bits per heavy atom. The predicted octanol–water partition coefficient (Wildman–Crippen LogP) is 3.55. The Balaban J connectivity index is 1.74. The standard InChI is InChI=1S/C14H12IN3/c15-11-4-6-12(7-5-11)16-9-13-10-18-8-2-1-3-14(18)17-13/h1-8,10,16H,9H2. The Morgan fingerprint density at radius 1 is 1.11 bits per heavy atom. The van der Waals surface area contributed by atoms with E-state index in [4.69, 9.17) is 0 Å². The molecule has 90 valence electrons. The van der Waals surface area contributed by atoms with E-state index in [-0.39, 0.29) is 0 Å². The lowest BCUT2D eigenvalue weighted by Gasteiger charge is -2.03. The zero-order valence-corrected chi connectivity index (χ0v) is 11.8. The molecule has 18 heavy (non-hydrogen) atoms. The second kappa shape index (κ2) is 4.97. The minimum Gasteiger partial charge on any atom is -0.379 e. The topological polar surface area (TPSA) is 29.3 Å². The van der Waals surface area contributed by atoms with Crippen LogP contribution in [0.4, 0.5) is 5.69 Å². The molecule has 2 aromatic heterocycles. The van der Waals surface area contributed by atoms with Gasteiger partial charge in [-0.3, -0.25) is 0 Å². The van der Waals surface area contributed by atoms with E-state index in [0.29, 0.717) is 0 Å². The van der Waals surface area contributed by atoms with Gasteiger partial charge in [-0.15, -0.1) is 0 Å². The third kappa shape index (κ3) is 2.48. The third-order valence-electron chi connectivity index (χ3n) is 2.73. The van der Waals surface area contributed by atoms with Crippen molar-refractivity contribution in [2.75, 3.05) is 5.32 Å². The molecule has 0 fully saturated rings. The number of hydrogen-bond acceptors (Lipinski definition) is 2. The molecule has 0 aliphatic heterocycles. The van der Waals surface area contributed by atoms with Gasteiger partial charge in [0.15, 0.2) is 0 Å². The molecule has 1 aromatic carbocycles. The summed E-state index contributed by atoms with van der Waals surface area (Å²) in [6.07, 6.45) is 4.06. The highest BCUT2D eigenvalue weighted by Crippen LogP contribution is 2.12. The molecule has 3 nitrogen and oxygen atoms in total. The smallest absolute Gasteiger partial charge is 0.137 e. The summed E-state index contributed by atoms with van der Waals surface area (Å²) in [6, 6.07) is 14.4. The number of imidazole rings is 1. The van der Waals surface area contributed by atoms with Crippen LogP contribution in [0.5, 0.6) is 0 Å². The van der Waals surface area contributed by atoms with Gasteiger partial charge in [0.1, 0.15) is 5.65 Å². The first-order valence-electron chi connectivity index (χ1n) is 5.73. The fourth-order valence-electron chi connectivity index (χ4n) is 1.83. The number of fused-ring (bicyclic) bond motifs is 1. The van der Waals surface area contributed by atoms with Gasteiger partial charge in [0.2, 0.25) is 0 Å². The molecule has 0 aliphatic carbocycles. The fourth-order valence-corrected chi connectivity index (χ4v) is 2.19. The van der Waals surface area contributed by atoms with Gasteiger partial charge in [0.25, 0.3) is 0 Å². The van der Waals surface area contributed by atoms with E-state index in [1.54, 1.807) is 0 Å². The summed E-state index contributed by atoms with van der Waals surface area (Å²) in [5.41, 5.74) is 3.14. The lowest BCUT2D eigenvalue weighted by Crippen LogP contribution is -1.99. The quantitative estimate of drug-likeness (QED) is 0.733. The number of hydrogen-bond donors (Lipinski definition) is 1. The summed E-state index contributed by atoms with van der Waals surface area (Å²) in [5, 5.41) is 3.37. The van der Waals surface area contributed by atoms with E-state index in [1.807, 2.05) is 28.8 Å². The van der Waals surface area contributed by atoms with Crippen molar-refractivity contribution in [2.45, 2.75) is 6.54 Å². The van der Waals surface area contributed by atoms with Gasteiger partial charge in [-0.2, -0.15) is 0 Å². The summed E-state index contributed by atoms with van der Waals surface area (Å²) in [4.78, 5) is 4.54. The van der Waals surface area contributed by atoms with Gasteiger partial charge in [-0.25, -0.2) is 4.98 Å². The number of halogens is 1. The molecule has 3 aromatic rings. The van der Waals surface area contributed by atoms with Gasteiger partial charge in [-0.1, -0.05) is 6.07 Å². The summed E-state index contributed by atoms with van der Waals surface area (Å²) >= 11 is 2.30. The number of nitrogens with zero attached hydrogens (tertiary/aromatic N) is 2. The van der Waals surface area contributed by atoms with Gasteiger partial charge in [-0.05, 0) is 59.0 Å². The van der Waals surface area contributed by atoms with Gasteiger partial charge >= 0.3 is 0 Å². The van der Waals surface area contributed by atoms with Crippen molar-refractivity contribution in [3.63, 3.8) is 0 Å². The summed E-state index contributed by atoms with van der Waals surface area (Å²) in [7, 11) is 0. The van der Waals surface area contributed by atoms with Crippen LogP contribution in [0.25, 0.3) is 5.65 Å². The Labute approximate surface area is 119 Å². The van der Waals surface area contributed by atoms with Crippen LogP contribution in [0, 0.1) is 3.57 Å².